The molecule has 47 heavy (non-hydrogen) atoms. The highest BCUT2D eigenvalue weighted by atomic mass is 31.2. The number of phosphoric acid groups is 2. The summed E-state index contributed by atoms with van der Waals surface area (Å²) in [4.78, 5) is 70.5. The summed E-state index contributed by atoms with van der Waals surface area (Å²) in [6.07, 6.45) is -7.07. The van der Waals surface area contributed by atoms with E-state index in [2.05, 4.69) is 39.0 Å². The van der Waals surface area contributed by atoms with E-state index in [1.807, 2.05) is 0 Å². The normalized spacial score (nSPS) is 32.4. The summed E-state index contributed by atoms with van der Waals surface area (Å²) in [5.41, 5.74) is 9.96. The van der Waals surface area contributed by atoms with Crippen LogP contribution < -0.4 is 22.6 Å². The number of hydrogen-bond donors (Lipinski definition) is 10. The number of H-pyrrole nitrogens is 2. The lowest BCUT2D eigenvalue weighted by atomic mass is 10.1. The number of phosphoric ester groups is 2. The highest BCUT2D eigenvalue weighted by Gasteiger charge is 2.52. The first kappa shape index (κ1) is 33.2. The fourth-order valence-electron chi connectivity index (χ4n) is 5.09. The molecule has 25 nitrogen and oxygen atoms in total. The van der Waals surface area contributed by atoms with Gasteiger partial charge in [-0.15, -0.1) is 0 Å². The molecule has 256 valence electrons. The zero-order chi connectivity index (χ0) is 34.0. The Morgan fingerprint density at radius 1 is 0.936 bits per heavy atom. The largest absolute Gasteiger partial charge is 0.472 e. The van der Waals surface area contributed by atoms with E-state index in [0.717, 1.165) is 0 Å². The molecule has 7 heterocycles. The van der Waals surface area contributed by atoms with E-state index in [-0.39, 0.29) is 40.8 Å². The SMILES string of the molecule is Nc1nc2c(ncn2[C@@H]2O[C@@H]3COP(=O)(O)O[C@H]3[C@H]2O)c(=O)[nH]1.Nc1nc2c(ncn2[C@@H]2O[C@H](COP(=O)(O)O)[C@@H](O)[C@H]2O)c(=O)[nH]1. The molecule has 0 bridgehead atoms. The van der Waals surface area contributed by atoms with Crippen molar-refractivity contribution >= 4 is 49.9 Å². The van der Waals surface area contributed by atoms with Crippen molar-refractivity contribution in [1.82, 2.24) is 39.0 Å². The van der Waals surface area contributed by atoms with Crippen molar-refractivity contribution in [2.24, 2.45) is 0 Å². The van der Waals surface area contributed by atoms with Gasteiger partial charge in [0.1, 0.15) is 36.6 Å². The van der Waals surface area contributed by atoms with Gasteiger partial charge in [0.25, 0.3) is 11.1 Å². The summed E-state index contributed by atoms with van der Waals surface area (Å²) < 4.78 is 49.5. The molecule has 3 saturated heterocycles. The molecule has 0 radical (unpaired) electrons. The third kappa shape index (κ3) is 6.44. The molecule has 4 aromatic heterocycles. The molecule has 0 aliphatic carbocycles. The smallest absolute Gasteiger partial charge is 0.387 e. The van der Waals surface area contributed by atoms with Crippen LogP contribution in [0.5, 0.6) is 0 Å². The number of aliphatic hydroxyl groups excluding tert-OH is 3. The maximum Gasteiger partial charge on any atom is 0.472 e. The Kier molecular flexibility index (Phi) is 8.54. The molecule has 1 unspecified atom stereocenters. The van der Waals surface area contributed by atoms with Crippen molar-refractivity contribution in [2.45, 2.75) is 49.1 Å². The van der Waals surface area contributed by atoms with E-state index in [0.29, 0.717) is 0 Å². The van der Waals surface area contributed by atoms with Crippen LogP contribution in [0.4, 0.5) is 11.9 Å². The quantitative estimate of drug-likeness (QED) is 0.0881. The number of nitrogen functional groups attached to an aromatic ring is 2. The van der Waals surface area contributed by atoms with Gasteiger partial charge in [0.15, 0.2) is 34.8 Å². The molecule has 27 heteroatoms. The Hall–Kier alpha value is -3.68. The average molecular weight is 708 g/mol. The molecule has 7 rings (SSSR count). The van der Waals surface area contributed by atoms with Gasteiger partial charge in [0, 0.05) is 0 Å². The van der Waals surface area contributed by atoms with Crippen LogP contribution in [0.3, 0.4) is 0 Å². The number of aromatic amines is 2. The molecular weight excluding hydrogens is 682 g/mol. The number of aliphatic hydroxyl groups is 3. The zero-order valence-electron chi connectivity index (χ0n) is 23.3. The summed E-state index contributed by atoms with van der Waals surface area (Å²) in [6.45, 7) is -0.865. The Bertz CT molecular complexity index is 2030. The molecular formula is C20H26N10O15P2. The minimum absolute atomic E-state index is 0.0176. The molecule has 12 N–H and O–H groups in total. The Balaban J connectivity index is 0.000000164. The number of anilines is 2. The second-order valence-corrected chi connectivity index (χ2v) is 12.9. The Labute approximate surface area is 258 Å². The lowest BCUT2D eigenvalue weighted by molar-refractivity contribution is -0.0664. The van der Waals surface area contributed by atoms with E-state index in [4.69, 9.17) is 35.3 Å². The van der Waals surface area contributed by atoms with Gasteiger partial charge in [-0.3, -0.25) is 42.3 Å². The summed E-state index contributed by atoms with van der Waals surface area (Å²) in [7, 11) is -8.98. The first-order valence-electron chi connectivity index (χ1n) is 13.2. The first-order chi connectivity index (χ1) is 22.0. The van der Waals surface area contributed by atoms with E-state index >= 15 is 0 Å². The van der Waals surface area contributed by atoms with Crippen LogP contribution in [-0.4, -0.2) is 119 Å². The molecule has 0 amide bonds. The zero-order valence-corrected chi connectivity index (χ0v) is 25.1. The number of fused-ring (bicyclic) bond motifs is 3. The van der Waals surface area contributed by atoms with Crippen molar-refractivity contribution < 1.29 is 62.2 Å². The number of nitrogens with two attached hydrogens (primary N) is 2. The molecule has 3 fully saturated rings. The highest BCUT2D eigenvalue weighted by Crippen LogP contribution is 2.52. The molecule has 9 atom stereocenters. The van der Waals surface area contributed by atoms with Crippen LogP contribution in [-0.2, 0) is 32.2 Å². The predicted octanol–water partition coefficient (Wildman–Crippen LogP) is -4.09. The van der Waals surface area contributed by atoms with Gasteiger partial charge in [0.2, 0.25) is 11.9 Å². The second kappa shape index (κ2) is 12.1. The first-order valence-corrected chi connectivity index (χ1v) is 16.2. The van der Waals surface area contributed by atoms with E-state index in [1.54, 1.807) is 0 Å². The Morgan fingerprint density at radius 2 is 1.47 bits per heavy atom. The fourth-order valence-corrected chi connectivity index (χ4v) is 6.40. The summed E-state index contributed by atoms with van der Waals surface area (Å²) in [5, 5.41) is 30.4. The second-order valence-electron chi connectivity index (χ2n) is 10.3. The third-order valence-corrected chi connectivity index (χ3v) is 8.63. The molecule has 0 saturated carbocycles. The molecule has 3 aliphatic rings. The maximum atomic E-state index is 11.8. The van der Waals surface area contributed by atoms with E-state index in [9.17, 15) is 38.9 Å². The number of nitrogens with one attached hydrogen (secondary N) is 2. The molecule has 3 aliphatic heterocycles. The minimum atomic E-state index is -4.76. The monoisotopic (exact) mass is 708 g/mol. The summed E-state index contributed by atoms with van der Waals surface area (Å²) in [5.74, 6) is -0.294. The van der Waals surface area contributed by atoms with Crippen molar-refractivity contribution in [3.63, 3.8) is 0 Å². The van der Waals surface area contributed by atoms with E-state index < -0.39 is 82.5 Å². The van der Waals surface area contributed by atoms with Crippen LogP contribution >= 0.6 is 15.6 Å². The van der Waals surface area contributed by atoms with Crippen molar-refractivity contribution in [1.29, 1.82) is 0 Å². The van der Waals surface area contributed by atoms with Gasteiger partial charge in [-0.25, -0.2) is 19.1 Å². The van der Waals surface area contributed by atoms with Crippen LogP contribution in [0.25, 0.3) is 22.3 Å². The maximum absolute atomic E-state index is 11.8. The predicted molar refractivity (Wildman–Crippen MR) is 150 cm³/mol. The van der Waals surface area contributed by atoms with Gasteiger partial charge in [0.05, 0.1) is 25.9 Å². The number of nitrogens with zero attached hydrogens (tertiary/aromatic N) is 6. The number of imidazole rings is 2. The van der Waals surface area contributed by atoms with Crippen LogP contribution in [0.2, 0.25) is 0 Å². The summed E-state index contributed by atoms with van der Waals surface area (Å²) >= 11 is 0. The van der Waals surface area contributed by atoms with Gasteiger partial charge in [-0.1, -0.05) is 0 Å². The number of hydrogen-bond acceptors (Lipinski definition) is 18. The van der Waals surface area contributed by atoms with E-state index in [1.165, 1.54) is 21.8 Å². The number of ether oxygens (including phenoxy) is 2. The number of rotatable bonds is 5. The molecule has 0 aromatic carbocycles. The topological polar surface area (TPSA) is 381 Å². The lowest BCUT2D eigenvalue weighted by Crippen LogP contribution is -2.39. The highest BCUT2D eigenvalue weighted by molar-refractivity contribution is 7.47. The standard InChI is InChI=1S/C10H14N5O8P.C10H12N5O7P/c11-10-13-7-4(8(18)14-10)12-2-15(7)9-6(17)5(16)3(23-9)1-22-24(19,20)21;11-10-13-7-4(8(17)14-10)12-2-15(7)9-5(16)6-3(21-9)1-20-23(18,19)22-6/h2-3,5-6,9,16-17H,1H2,(H2,19,20,21)(H3,11,13,14,18);2-3,5-6,9,16H,1H2,(H,18,19)(H3,11,13,14,17)/t2*3-,5-,6-,9-/m11/s1. The van der Waals surface area contributed by atoms with Crippen LogP contribution in [0.15, 0.2) is 22.2 Å². The minimum Gasteiger partial charge on any atom is -0.387 e. The molecule has 4 aromatic rings. The van der Waals surface area contributed by atoms with Crippen LogP contribution in [0.1, 0.15) is 12.5 Å². The molecule has 0 spiro atoms. The fraction of sp³-hybridized carbons (Fsp3) is 0.500. The number of aromatic nitrogens is 8. The van der Waals surface area contributed by atoms with Gasteiger partial charge in [-0.2, -0.15) is 9.97 Å². The van der Waals surface area contributed by atoms with Crippen molar-refractivity contribution in [3.05, 3.63) is 33.4 Å². The van der Waals surface area contributed by atoms with Gasteiger partial charge in [-0.05, 0) is 0 Å². The lowest BCUT2D eigenvalue weighted by Gasteiger charge is -2.27. The van der Waals surface area contributed by atoms with Crippen molar-refractivity contribution in [3.8, 4) is 0 Å². The van der Waals surface area contributed by atoms with Gasteiger partial charge < -0.3 is 50.9 Å². The third-order valence-electron chi connectivity index (χ3n) is 7.16. The van der Waals surface area contributed by atoms with Gasteiger partial charge >= 0.3 is 15.6 Å². The van der Waals surface area contributed by atoms with Crippen LogP contribution in [0, 0.1) is 0 Å². The Morgan fingerprint density at radius 3 is 2.00 bits per heavy atom. The summed E-state index contributed by atoms with van der Waals surface area (Å²) in [6, 6.07) is 0. The van der Waals surface area contributed by atoms with Crippen molar-refractivity contribution in [2.75, 3.05) is 24.7 Å². The average Bonchev–Trinajstić information content (AvgIpc) is 3.73.